The predicted molar refractivity (Wildman–Crippen MR) is 89.4 cm³/mol. The highest BCUT2D eigenvalue weighted by Gasteiger charge is 2.37. The molecule has 2 aliphatic rings. The highest BCUT2D eigenvalue weighted by atomic mass is 35.5. The van der Waals surface area contributed by atoms with Gasteiger partial charge in [-0.15, -0.1) is 0 Å². The Balaban J connectivity index is 1.56. The van der Waals surface area contributed by atoms with Gasteiger partial charge in [-0.05, 0) is 12.1 Å². The van der Waals surface area contributed by atoms with Gasteiger partial charge < -0.3 is 9.80 Å². The molecule has 1 aromatic carbocycles. The number of piperazine rings is 1. The highest BCUT2D eigenvalue weighted by Crippen LogP contribution is 2.20. The molecule has 2 aliphatic heterocycles. The minimum absolute atomic E-state index is 0.0430. The van der Waals surface area contributed by atoms with Crippen molar-refractivity contribution in [2.45, 2.75) is 18.9 Å². The van der Waals surface area contributed by atoms with E-state index in [1.165, 1.54) is 17.0 Å². The summed E-state index contributed by atoms with van der Waals surface area (Å²) in [6.45, 7) is 2.60. The van der Waals surface area contributed by atoms with E-state index in [1.54, 1.807) is 11.0 Å². The summed E-state index contributed by atoms with van der Waals surface area (Å²) in [5, 5.41) is 0.267. The lowest BCUT2D eigenvalue weighted by molar-refractivity contribution is -0.925. The summed E-state index contributed by atoms with van der Waals surface area (Å²) in [7, 11) is -2.88. The lowest BCUT2D eigenvalue weighted by Gasteiger charge is -2.35. The molecule has 132 valence electrons. The second kappa shape index (κ2) is 6.98. The van der Waals surface area contributed by atoms with Crippen LogP contribution in [0.3, 0.4) is 0 Å². The zero-order chi connectivity index (χ0) is 17.3. The summed E-state index contributed by atoms with van der Waals surface area (Å²) in [6.07, 6.45) is 0.662. The van der Waals surface area contributed by atoms with Crippen molar-refractivity contribution >= 4 is 27.3 Å². The first kappa shape index (κ1) is 17.6. The molecule has 1 aromatic rings. The third-order valence-corrected chi connectivity index (χ3v) is 7.08. The Labute approximate surface area is 146 Å². The molecule has 0 unspecified atom stereocenters. The van der Waals surface area contributed by atoms with Gasteiger partial charge in [0.05, 0.1) is 38.4 Å². The second-order valence-electron chi connectivity index (χ2n) is 6.52. The first-order valence-corrected chi connectivity index (χ1v) is 10.3. The van der Waals surface area contributed by atoms with Crippen LogP contribution in [0.1, 0.15) is 12.0 Å². The molecular weight excluding hydrogens is 355 g/mol. The first-order valence-electron chi connectivity index (χ1n) is 8.11. The number of hydrogen-bond donors (Lipinski definition) is 1. The highest BCUT2D eigenvalue weighted by molar-refractivity contribution is 7.91. The van der Waals surface area contributed by atoms with Crippen molar-refractivity contribution < 1.29 is 22.5 Å². The molecule has 8 heteroatoms. The molecule has 0 aromatic heterocycles. The van der Waals surface area contributed by atoms with Crippen molar-refractivity contribution in [3.05, 3.63) is 34.6 Å². The van der Waals surface area contributed by atoms with Gasteiger partial charge in [-0.25, -0.2) is 12.8 Å². The van der Waals surface area contributed by atoms with E-state index >= 15 is 0 Å². The fourth-order valence-electron chi connectivity index (χ4n) is 3.53. The summed E-state index contributed by atoms with van der Waals surface area (Å²) in [6, 6.07) is 4.55. The van der Waals surface area contributed by atoms with Gasteiger partial charge in [0.1, 0.15) is 17.6 Å². The molecule has 1 N–H and O–H groups in total. The summed E-state index contributed by atoms with van der Waals surface area (Å²) in [5.74, 6) is -0.0761. The molecule has 0 spiro atoms. The SMILES string of the molecule is O=C(Cc1c(F)cccc1Cl)N1CC[NH+]([C@@H]2CCS(=O)(=O)C2)CC1. The molecule has 2 saturated heterocycles. The van der Waals surface area contributed by atoms with Gasteiger partial charge in [0.2, 0.25) is 5.91 Å². The number of benzene rings is 1. The van der Waals surface area contributed by atoms with Crippen LogP contribution in [-0.2, 0) is 21.1 Å². The van der Waals surface area contributed by atoms with Gasteiger partial charge in [-0.1, -0.05) is 17.7 Å². The molecule has 5 nitrogen and oxygen atoms in total. The van der Waals surface area contributed by atoms with Gasteiger partial charge in [0.15, 0.2) is 9.84 Å². The fourth-order valence-corrected chi connectivity index (χ4v) is 5.59. The number of sulfone groups is 1. The van der Waals surface area contributed by atoms with Gasteiger partial charge in [0.25, 0.3) is 0 Å². The topological polar surface area (TPSA) is 58.9 Å². The number of nitrogens with zero attached hydrogens (tertiary/aromatic N) is 1. The quantitative estimate of drug-likeness (QED) is 0.805. The van der Waals surface area contributed by atoms with Crippen molar-refractivity contribution in [1.82, 2.24) is 4.90 Å². The van der Waals surface area contributed by atoms with Crippen molar-refractivity contribution in [1.29, 1.82) is 0 Å². The van der Waals surface area contributed by atoms with E-state index in [9.17, 15) is 17.6 Å². The molecular formula is C16H21ClFN2O3S+. The van der Waals surface area contributed by atoms with Gasteiger partial charge in [0, 0.05) is 17.0 Å². The maximum absolute atomic E-state index is 13.8. The van der Waals surface area contributed by atoms with Crippen LogP contribution in [0.25, 0.3) is 0 Å². The van der Waals surface area contributed by atoms with Crippen LogP contribution in [0.15, 0.2) is 18.2 Å². The van der Waals surface area contributed by atoms with Gasteiger partial charge in [-0.3, -0.25) is 4.79 Å². The number of amides is 1. The van der Waals surface area contributed by atoms with Crippen molar-refractivity contribution in [2.75, 3.05) is 37.7 Å². The molecule has 0 radical (unpaired) electrons. The van der Waals surface area contributed by atoms with E-state index in [1.807, 2.05) is 0 Å². The lowest BCUT2D eigenvalue weighted by atomic mass is 10.1. The molecule has 2 fully saturated rings. The Morgan fingerprint density at radius 3 is 2.62 bits per heavy atom. The monoisotopic (exact) mass is 375 g/mol. The van der Waals surface area contributed by atoms with Crippen molar-refractivity contribution in [3.63, 3.8) is 0 Å². The Kier molecular flexibility index (Phi) is 5.13. The Hall–Kier alpha value is -1.18. The number of hydrogen-bond acceptors (Lipinski definition) is 3. The number of rotatable bonds is 3. The summed E-state index contributed by atoms with van der Waals surface area (Å²) in [5.41, 5.74) is 0.237. The smallest absolute Gasteiger partial charge is 0.227 e. The number of carbonyl (C=O) groups excluding carboxylic acids is 1. The average molecular weight is 376 g/mol. The Morgan fingerprint density at radius 1 is 1.33 bits per heavy atom. The van der Waals surface area contributed by atoms with Crippen LogP contribution < -0.4 is 4.90 Å². The summed E-state index contributed by atoms with van der Waals surface area (Å²) < 4.78 is 37.0. The molecule has 24 heavy (non-hydrogen) atoms. The standard InChI is InChI=1S/C16H20ClFN2O3S/c17-14-2-1-3-15(18)13(14)10-16(21)20-7-5-19(6-8-20)12-4-9-24(22,23)11-12/h1-3,12H,4-11H2/p+1/t12-/m1/s1. The number of nitrogens with one attached hydrogen (secondary N) is 1. The van der Waals surface area contributed by atoms with Crippen molar-refractivity contribution in [3.8, 4) is 0 Å². The van der Waals surface area contributed by atoms with E-state index in [0.29, 0.717) is 19.5 Å². The lowest BCUT2D eigenvalue weighted by Crippen LogP contribution is -3.18. The van der Waals surface area contributed by atoms with E-state index < -0.39 is 15.7 Å². The van der Waals surface area contributed by atoms with Crippen molar-refractivity contribution in [2.24, 2.45) is 0 Å². The normalized spacial score (nSPS) is 24.2. The zero-order valence-corrected chi connectivity index (χ0v) is 14.9. The molecule has 0 saturated carbocycles. The van der Waals surface area contributed by atoms with Gasteiger partial charge >= 0.3 is 0 Å². The molecule has 3 rings (SSSR count). The van der Waals surface area contributed by atoms with Crippen LogP contribution in [0, 0.1) is 5.82 Å². The predicted octanol–water partition coefficient (Wildman–Crippen LogP) is -0.0642. The maximum Gasteiger partial charge on any atom is 0.227 e. The molecule has 0 bridgehead atoms. The van der Waals surface area contributed by atoms with E-state index in [4.69, 9.17) is 11.6 Å². The van der Waals surface area contributed by atoms with Crippen LogP contribution in [0.4, 0.5) is 4.39 Å². The minimum Gasteiger partial charge on any atom is -0.331 e. The molecule has 0 aliphatic carbocycles. The Morgan fingerprint density at radius 2 is 2.04 bits per heavy atom. The molecule has 2 heterocycles. The maximum atomic E-state index is 13.8. The van der Waals surface area contributed by atoms with E-state index in [0.717, 1.165) is 13.1 Å². The van der Waals surface area contributed by atoms with Gasteiger partial charge in [-0.2, -0.15) is 0 Å². The number of carbonyl (C=O) groups is 1. The van der Waals surface area contributed by atoms with E-state index in [2.05, 4.69) is 0 Å². The summed E-state index contributed by atoms with van der Waals surface area (Å²) in [4.78, 5) is 15.4. The summed E-state index contributed by atoms with van der Waals surface area (Å²) >= 11 is 5.98. The zero-order valence-electron chi connectivity index (χ0n) is 13.3. The second-order valence-corrected chi connectivity index (χ2v) is 9.15. The number of quaternary nitrogens is 1. The minimum atomic E-state index is -2.88. The van der Waals surface area contributed by atoms with Crippen LogP contribution in [-0.4, -0.2) is 63.0 Å². The number of halogens is 2. The van der Waals surface area contributed by atoms with Crippen LogP contribution in [0.2, 0.25) is 5.02 Å². The fraction of sp³-hybridized carbons (Fsp3) is 0.562. The van der Waals surface area contributed by atoms with Crippen LogP contribution >= 0.6 is 11.6 Å². The van der Waals surface area contributed by atoms with Crippen LogP contribution in [0.5, 0.6) is 0 Å². The molecule has 1 atom stereocenters. The van der Waals surface area contributed by atoms with E-state index in [-0.39, 0.29) is 40.5 Å². The Bertz CT molecular complexity index is 713. The third-order valence-electron chi connectivity index (χ3n) is 4.96. The average Bonchev–Trinajstić information content (AvgIpc) is 2.91. The first-order chi connectivity index (χ1) is 11.4. The molecule has 1 amide bonds. The largest absolute Gasteiger partial charge is 0.331 e. The third kappa shape index (κ3) is 3.90.